The molecular formula is C34H26F4N4O3. The van der Waals surface area contributed by atoms with Crippen molar-refractivity contribution in [3.8, 4) is 23.2 Å². The second kappa shape index (κ2) is 12.0. The number of carbonyl (C=O) groups excluding carboxylic acids is 1. The number of hydrogen-bond acceptors (Lipinski definition) is 6. The fraction of sp³-hybridized carbons (Fsp3) is 0.235. The number of pyridine rings is 1. The maximum Gasteiger partial charge on any atom is 0.338 e. The van der Waals surface area contributed by atoms with Crippen LogP contribution in [0.15, 0.2) is 66.7 Å². The summed E-state index contributed by atoms with van der Waals surface area (Å²) in [5, 5.41) is 8.92. The predicted octanol–water partition coefficient (Wildman–Crippen LogP) is 7.09. The number of nitrogens with zero attached hydrogens (tertiary/aromatic N) is 4. The first-order chi connectivity index (χ1) is 21.7. The maximum atomic E-state index is 15.5. The highest BCUT2D eigenvalue weighted by atomic mass is 19.1. The van der Waals surface area contributed by atoms with Crippen molar-refractivity contribution in [1.29, 1.82) is 5.26 Å². The number of imidazole rings is 1. The lowest BCUT2D eigenvalue weighted by atomic mass is 10.0. The first-order valence-corrected chi connectivity index (χ1v) is 14.1. The minimum absolute atomic E-state index is 0.00317. The van der Waals surface area contributed by atoms with Gasteiger partial charge in [0.15, 0.2) is 5.82 Å². The molecular weight excluding hydrogens is 588 g/mol. The van der Waals surface area contributed by atoms with Crippen LogP contribution in [0.5, 0.6) is 5.88 Å². The number of benzene rings is 3. The van der Waals surface area contributed by atoms with E-state index in [0.717, 1.165) is 12.1 Å². The molecule has 0 saturated heterocycles. The number of methoxy groups -OCH3 is 1. The quantitative estimate of drug-likeness (QED) is 0.123. The number of halogens is 4. The summed E-state index contributed by atoms with van der Waals surface area (Å²) in [5.41, 5.74) is 1.32. The van der Waals surface area contributed by atoms with Crippen LogP contribution in [-0.2, 0) is 24.3 Å². The molecule has 0 bridgehead atoms. The van der Waals surface area contributed by atoms with Gasteiger partial charge in [-0.2, -0.15) is 5.26 Å². The van der Waals surface area contributed by atoms with Gasteiger partial charge in [-0.25, -0.2) is 27.9 Å². The smallest absolute Gasteiger partial charge is 0.338 e. The molecule has 228 valence electrons. The van der Waals surface area contributed by atoms with Crippen LogP contribution in [-0.4, -0.2) is 34.3 Å². The third kappa shape index (κ3) is 6.09. The largest absolute Gasteiger partial charge is 0.473 e. The van der Waals surface area contributed by atoms with E-state index in [9.17, 15) is 13.6 Å². The van der Waals surface area contributed by atoms with Crippen molar-refractivity contribution in [3.05, 3.63) is 112 Å². The number of fused-ring (bicyclic) bond motifs is 1. The van der Waals surface area contributed by atoms with E-state index in [1.807, 2.05) is 6.07 Å². The van der Waals surface area contributed by atoms with Gasteiger partial charge in [0.25, 0.3) is 0 Å². The predicted molar refractivity (Wildman–Crippen MR) is 157 cm³/mol. The van der Waals surface area contributed by atoms with Gasteiger partial charge in [0.05, 0.1) is 42.2 Å². The van der Waals surface area contributed by atoms with Gasteiger partial charge in [-0.3, -0.25) is 4.39 Å². The van der Waals surface area contributed by atoms with Crippen molar-refractivity contribution in [2.45, 2.75) is 32.4 Å². The molecule has 1 saturated carbocycles. The molecule has 3 aromatic carbocycles. The van der Waals surface area contributed by atoms with E-state index >= 15 is 8.78 Å². The zero-order valence-electron chi connectivity index (χ0n) is 24.1. The molecule has 11 heteroatoms. The molecule has 5 aromatic rings. The number of ether oxygens (including phenoxy) is 2. The van der Waals surface area contributed by atoms with E-state index in [1.165, 1.54) is 31.4 Å². The van der Waals surface area contributed by atoms with E-state index in [1.54, 1.807) is 34.9 Å². The molecule has 0 atom stereocenters. The van der Waals surface area contributed by atoms with Crippen LogP contribution >= 0.6 is 0 Å². The van der Waals surface area contributed by atoms with E-state index in [4.69, 9.17) is 14.7 Å². The maximum absolute atomic E-state index is 15.5. The molecule has 0 unspecified atom stereocenters. The Morgan fingerprint density at radius 1 is 0.978 bits per heavy atom. The zero-order chi connectivity index (χ0) is 31.7. The SMILES string of the molecule is COC(=O)c1cc(F)c2nc(Cc3ccc(-c4cccc(OCc5ccc(C#N)cc5F)n4)cc3F)n(CC3(CF)CC3)c2c1. The van der Waals surface area contributed by atoms with Gasteiger partial charge in [0, 0.05) is 35.6 Å². The molecule has 6 rings (SSSR count). The number of hydrogen-bond donors (Lipinski definition) is 0. The average molecular weight is 615 g/mol. The summed E-state index contributed by atoms with van der Waals surface area (Å²) in [6.07, 6.45) is 1.30. The Hall–Kier alpha value is -5.24. The van der Waals surface area contributed by atoms with Crippen LogP contribution in [0.3, 0.4) is 0 Å². The summed E-state index contributed by atoms with van der Waals surface area (Å²) in [7, 11) is 1.19. The second-order valence-corrected chi connectivity index (χ2v) is 11.1. The van der Waals surface area contributed by atoms with Crippen LogP contribution in [0.25, 0.3) is 22.3 Å². The van der Waals surface area contributed by atoms with Crippen LogP contribution < -0.4 is 4.74 Å². The van der Waals surface area contributed by atoms with Crippen LogP contribution in [0.4, 0.5) is 17.6 Å². The minimum Gasteiger partial charge on any atom is -0.473 e. The summed E-state index contributed by atoms with van der Waals surface area (Å²) < 4.78 is 70.9. The highest BCUT2D eigenvalue weighted by molar-refractivity contribution is 5.94. The summed E-state index contributed by atoms with van der Waals surface area (Å²) >= 11 is 0. The number of nitriles is 1. The Balaban J connectivity index is 1.26. The molecule has 2 heterocycles. The minimum atomic E-state index is -0.732. The number of carbonyl (C=O) groups is 1. The first kappa shape index (κ1) is 29.8. The summed E-state index contributed by atoms with van der Waals surface area (Å²) in [4.78, 5) is 21.0. The van der Waals surface area contributed by atoms with Crippen molar-refractivity contribution in [2.24, 2.45) is 5.41 Å². The molecule has 2 aromatic heterocycles. The van der Waals surface area contributed by atoms with Crippen LogP contribution in [0.2, 0.25) is 0 Å². The standard InChI is InChI=1S/C34H26F4N4O3/c1-44-33(43)24-13-27(38)32-29(14-24)42(19-34(18-35)9-10-34)30(41-32)15-21-7-8-22(12-26(21)37)28-3-2-4-31(40-28)45-17-23-6-5-20(16-39)11-25(23)36/h2-8,11-14H,9-10,15,17-19H2,1H3. The summed E-state index contributed by atoms with van der Waals surface area (Å²) in [6.45, 7) is -0.470. The molecule has 0 amide bonds. The van der Waals surface area contributed by atoms with Crippen molar-refractivity contribution in [2.75, 3.05) is 13.8 Å². The molecule has 1 fully saturated rings. The van der Waals surface area contributed by atoms with Crippen molar-refractivity contribution < 1.29 is 31.8 Å². The molecule has 45 heavy (non-hydrogen) atoms. The zero-order valence-corrected chi connectivity index (χ0v) is 24.1. The van der Waals surface area contributed by atoms with E-state index in [0.29, 0.717) is 35.4 Å². The highest BCUT2D eigenvalue weighted by Crippen LogP contribution is 2.48. The molecule has 7 nitrogen and oxygen atoms in total. The Morgan fingerprint density at radius 2 is 1.76 bits per heavy atom. The lowest BCUT2D eigenvalue weighted by Gasteiger charge is -2.16. The third-order valence-corrected chi connectivity index (χ3v) is 8.02. The summed E-state index contributed by atoms with van der Waals surface area (Å²) in [5.74, 6) is -2.04. The highest BCUT2D eigenvalue weighted by Gasteiger charge is 2.44. The molecule has 1 aliphatic rings. The van der Waals surface area contributed by atoms with Crippen LogP contribution in [0.1, 0.15) is 45.7 Å². The number of aromatic nitrogens is 3. The van der Waals surface area contributed by atoms with Gasteiger partial charge in [-0.05, 0) is 54.8 Å². The first-order valence-electron chi connectivity index (χ1n) is 14.1. The van der Waals surface area contributed by atoms with Crippen LogP contribution in [0, 0.1) is 34.2 Å². The summed E-state index contributed by atoms with van der Waals surface area (Å²) in [6, 6.07) is 18.0. The Kier molecular flexibility index (Phi) is 7.97. The van der Waals surface area contributed by atoms with Gasteiger partial charge in [-0.1, -0.05) is 24.3 Å². The molecule has 0 radical (unpaired) electrons. The van der Waals surface area contributed by atoms with E-state index < -0.39 is 35.5 Å². The van der Waals surface area contributed by atoms with E-state index in [2.05, 4.69) is 9.97 Å². The fourth-order valence-corrected chi connectivity index (χ4v) is 5.18. The fourth-order valence-electron chi connectivity index (χ4n) is 5.18. The van der Waals surface area contributed by atoms with Gasteiger partial charge in [-0.15, -0.1) is 0 Å². The third-order valence-electron chi connectivity index (χ3n) is 8.02. The van der Waals surface area contributed by atoms with Crippen molar-refractivity contribution >= 4 is 17.0 Å². The van der Waals surface area contributed by atoms with Crippen molar-refractivity contribution in [3.63, 3.8) is 0 Å². The Bertz CT molecular complexity index is 1980. The lowest BCUT2D eigenvalue weighted by molar-refractivity contribution is 0.0600. The average Bonchev–Trinajstić information content (AvgIpc) is 3.75. The molecule has 1 aliphatic carbocycles. The normalized spacial score (nSPS) is 13.4. The second-order valence-electron chi connectivity index (χ2n) is 11.1. The molecule has 0 aliphatic heterocycles. The molecule has 0 N–H and O–H groups in total. The Morgan fingerprint density at radius 3 is 2.44 bits per heavy atom. The monoisotopic (exact) mass is 614 g/mol. The van der Waals surface area contributed by atoms with E-state index in [-0.39, 0.29) is 53.2 Å². The number of rotatable bonds is 10. The van der Waals surface area contributed by atoms with Crippen molar-refractivity contribution in [1.82, 2.24) is 14.5 Å². The van der Waals surface area contributed by atoms with Gasteiger partial charge in [0.1, 0.15) is 29.6 Å². The topological polar surface area (TPSA) is 90.0 Å². The molecule has 0 spiro atoms. The Labute approximate surface area is 255 Å². The van der Waals surface area contributed by atoms with Gasteiger partial charge >= 0.3 is 5.97 Å². The number of alkyl halides is 1. The van der Waals surface area contributed by atoms with Gasteiger partial charge in [0.2, 0.25) is 5.88 Å². The number of esters is 1. The van der Waals surface area contributed by atoms with Gasteiger partial charge < -0.3 is 14.0 Å². The lowest BCUT2D eigenvalue weighted by Crippen LogP contribution is -2.16.